The van der Waals surface area contributed by atoms with Gasteiger partial charge in [0.05, 0.1) is 12.7 Å². The van der Waals surface area contributed by atoms with E-state index in [4.69, 9.17) is 15.2 Å². The molecular weight excluding hydrogens is 142 g/mol. The van der Waals surface area contributed by atoms with Crippen molar-refractivity contribution in [2.24, 2.45) is 11.7 Å². The van der Waals surface area contributed by atoms with Crippen molar-refractivity contribution in [3.05, 3.63) is 0 Å². The Morgan fingerprint density at radius 1 is 1.64 bits per heavy atom. The minimum atomic E-state index is -0.409. The van der Waals surface area contributed by atoms with Gasteiger partial charge in [-0.1, -0.05) is 6.92 Å². The average molecular weight is 159 g/mol. The lowest BCUT2D eigenvalue weighted by Gasteiger charge is -2.19. The molecule has 1 fully saturated rings. The lowest BCUT2D eigenvalue weighted by molar-refractivity contribution is -0.143. The predicted molar refractivity (Wildman–Crippen MR) is 43.1 cm³/mol. The lowest BCUT2D eigenvalue weighted by Crippen LogP contribution is -2.29. The van der Waals surface area contributed by atoms with Crippen molar-refractivity contribution >= 4 is 0 Å². The zero-order chi connectivity index (χ0) is 8.48. The summed E-state index contributed by atoms with van der Waals surface area (Å²) < 4.78 is 11.0. The second kappa shape index (κ2) is 3.09. The Morgan fingerprint density at radius 2 is 2.27 bits per heavy atom. The number of ether oxygens (including phenoxy) is 2. The van der Waals surface area contributed by atoms with Gasteiger partial charge in [-0.2, -0.15) is 0 Å². The standard InChI is InChI=1S/C8H17NO2/c1-6(4-9)7-5-10-8(2,3)11-7/h6-7H,4-5,9H2,1-3H3/t6?,7-/m0/s1. The van der Waals surface area contributed by atoms with Gasteiger partial charge in [0.25, 0.3) is 0 Å². The van der Waals surface area contributed by atoms with Crippen molar-refractivity contribution in [3.63, 3.8) is 0 Å². The van der Waals surface area contributed by atoms with Gasteiger partial charge in [-0.3, -0.25) is 0 Å². The van der Waals surface area contributed by atoms with Gasteiger partial charge in [-0.15, -0.1) is 0 Å². The monoisotopic (exact) mass is 159 g/mol. The molecular formula is C8H17NO2. The first-order chi connectivity index (χ1) is 5.05. The minimum absolute atomic E-state index is 0.176. The van der Waals surface area contributed by atoms with E-state index in [1.54, 1.807) is 0 Å². The van der Waals surface area contributed by atoms with Crippen LogP contribution in [0.2, 0.25) is 0 Å². The molecule has 0 aromatic carbocycles. The van der Waals surface area contributed by atoms with Gasteiger partial charge in [0.1, 0.15) is 0 Å². The zero-order valence-corrected chi connectivity index (χ0v) is 7.46. The Kier molecular flexibility index (Phi) is 2.52. The maximum absolute atomic E-state index is 5.60. The third-order valence-electron chi connectivity index (χ3n) is 2.04. The van der Waals surface area contributed by atoms with Crippen LogP contribution in [-0.2, 0) is 9.47 Å². The van der Waals surface area contributed by atoms with Crippen LogP contribution in [0.5, 0.6) is 0 Å². The summed E-state index contributed by atoms with van der Waals surface area (Å²) >= 11 is 0. The Balaban J connectivity index is 2.41. The molecule has 0 spiro atoms. The molecule has 0 radical (unpaired) electrons. The summed E-state index contributed by atoms with van der Waals surface area (Å²) in [5, 5.41) is 0. The molecule has 3 heteroatoms. The van der Waals surface area contributed by atoms with E-state index in [0.29, 0.717) is 19.1 Å². The van der Waals surface area contributed by atoms with E-state index in [-0.39, 0.29) is 6.10 Å². The normalized spacial score (nSPS) is 32.2. The molecule has 1 saturated heterocycles. The molecule has 0 aromatic rings. The van der Waals surface area contributed by atoms with Crippen LogP contribution >= 0.6 is 0 Å². The van der Waals surface area contributed by atoms with Gasteiger partial charge in [0.15, 0.2) is 5.79 Å². The smallest absolute Gasteiger partial charge is 0.163 e. The van der Waals surface area contributed by atoms with Crippen molar-refractivity contribution in [2.45, 2.75) is 32.7 Å². The van der Waals surface area contributed by atoms with Crippen LogP contribution in [0.1, 0.15) is 20.8 Å². The summed E-state index contributed by atoms with van der Waals surface area (Å²) in [4.78, 5) is 0. The van der Waals surface area contributed by atoms with Gasteiger partial charge in [0, 0.05) is 0 Å². The maximum atomic E-state index is 5.60. The number of nitrogens with two attached hydrogens (primary N) is 1. The zero-order valence-electron chi connectivity index (χ0n) is 7.46. The van der Waals surface area contributed by atoms with Crippen LogP contribution < -0.4 is 5.73 Å². The molecule has 66 valence electrons. The van der Waals surface area contributed by atoms with Gasteiger partial charge >= 0.3 is 0 Å². The third-order valence-corrected chi connectivity index (χ3v) is 2.04. The van der Waals surface area contributed by atoms with Crippen LogP contribution in [-0.4, -0.2) is 25.0 Å². The molecule has 0 saturated carbocycles. The molecule has 0 amide bonds. The molecule has 1 unspecified atom stereocenters. The SMILES string of the molecule is CC(CN)[C@@H]1COC(C)(C)O1. The largest absolute Gasteiger partial charge is 0.348 e. The van der Waals surface area contributed by atoms with E-state index in [1.807, 2.05) is 13.8 Å². The first kappa shape index (κ1) is 8.97. The highest BCUT2D eigenvalue weighted by Crippen LogP contribution is 2.25. The number of rotatable bonds is 2. The van der Waals surface area contributed by atoms with E-state index in [1.165, 1.54) is 0 Å². The molecule has 1 aliphatic heterocycles. The quantitative estimate of drug-likeness (QED) is 0.646. The number of hydrogen-bond acceptors (Lipinski definition) is 3. The van der Waals surface area contributed by atoms with Crippen LogP contribution in [0.4, 0.5) is 0 Å². The van der Waals surface area contributed by atoms with E-state index in [9.17, 15) is 0 Å². The maximum Gasteiger partial charge on any atom is 0.163 e. The topological polar surface area (TPSA) is 44.5 Å². The van der Waals surface area contributed by atoms with Crippen molar-refractivity contribution in [3.8, 4) is 0 Å². The molecule has 3 nitrogen and oxygen atoms in total. The predicted octanol–water partition coefficient (Wildman–Crippen LogP) is 0.733. The highest BCUT2D eigenvalue weighted by Gasteiger charge is 2.34. The Hall–Kier alpha value is -0.120. The molecule has 0 aromatic heterocycles. The summed E-state index contributed by atoms with van der Waals surface area (Å²) in [7, 11) is 0. The first-order valence-corrected chi connectivity index (χ1v) is 4.07. The fourth-order valence-corrected chi connectivity index (χ4v) is 1.15. The molecule has 1 rings (SSSR count). The molecule has 2 atom stereocenters. The Bertz CT molecular complexity index is 136. The van der Waals surface area contributed by atoms with Crippen LogP contribution in [0, 0.1) is 5.92 Å². The molecule has 2 N–H and O–H groups in total. The molecule has 0 aliphatic carbocycles. The van der Waals surface area contributed by atoms with Crippen LogP contribution in [0.25, 0.3) is 0 Å². The average Bonchev–Trinajstić information content (AvgIpc) is 2.29. The summed E-state index contributed by atoms with van der Waals surface area (Å²) in [5.74, 6) is -0.0227. The fourth-order valence-electron chi connectivity index (χ4n) is 1.15. The highest BCUT2D eigenvalue weighted by atomic mass is 16.7. The van der Waals surface area contributed by atoms with Gasteiger partial charge < -0.3 is 15.2 Å². The second-order valence-electron chi connectivity index (χ2n) is 3.58. The van der Waals surface area contributed by atoms with Crippen molar-refractivity contribution in [1.82, 2.24) is 0 Å². The first-order valence-electron chi connectivity index (χ1n) is 4.07. The fraction of sp³-hybridized carbons (Fsp3) is 1.00. The van der Waals surface area contributed by atoms with Crippen molar-refractivity contribution < 1.29 is 9.47 Å². The van der Waals surface area contributed by atoms with E-state index < -0.39 is 5.79 Å². The lowest BCUT2D eigenvalue weighted by atomic mass is 10.1. The third kappa shape index (κ3) is 2.15. The molecule has 1 heterocycles. The van der Waals surface area contributed by atoms with Gasteiger partial charge in [-0.25, -0.2) is 0 Å². The second-order valence-corrected chi connectivity index (χ2v) is 3.58. The van der Waals surface area contributed by atoms with Gasteiger partial charge in [0.2, 0.25) is 0 Å². The summed E-state index contributed by atoms with van der Waals surface area (Å²) in [6.07, 6.45) is 0.176. The van der Waals surface area contributed by atoms with Crippen LogP contribution in [0.15, 0.2) is 0 Å². The Labute approximate surface area is 67.9 Å². The highest BCUT2D eigenvalue weighted by molar-refractivity contribution is 4.75. The van der Waals surface area contributed by atoms with E-state index in [0.717, 1.165) is 0 Å². The van der Waals surface area contributed by atoms with E-state index in [2.05, 4.69) is 6.92 Å². The van der Waals surface area contributed by atoms with Crippen LogP contribution in [0.3, 0.4) is 0 Å². The summed E-state index contributed by atoms with van der Waals surface area (Å²) in [5.41, 5.74) is 5.50. The summed E-state index contributed by atoms with van der Waals surface area (Å²) in [6, 6.07) is 0. The summed E-state index contributed by atoms with van der Waals surface area (Å²) in [6.45, 7) is 7.26. The molecule has 11 heavy (non-hydrogen) atoms. The number of hydrogen-bond donors (Lipinski definition) is 1. The molecule has 1 aliphatic rings. The Morgan fingerprint density at radius 3 is 2.64 bits per heavy atom. The van der Waals surface area contributed by atoms with Crippen molar-refractivity contribution in [1.29, 1.82) is 0 Å². The minimum Gasteiger partial charge on any atom is -0.348 e. The van der Waals surface area contributed by atoms with Gasteiger partial charge in [-0.05, 0) is 26.3 Å². The van der Waals surface area contributed by atoms with Crippen molar-refractivity contribution in [2.75, 3.05) is 13.2 Å². The molecule has 0 bridgehead atoms. The van der Waals surface area contributed by atoms with E-state index >= 15 is 0 Å².